The lowest BCUT2D eigenvalue weighted by Crippen LogP contribution is -2.35. The van der Waals surface area contributed by atoms with Crippen LogP contribution in [0.4, 0.5) is 0 Å². The number of thiocarbonyl (C=S) groups is 1. The molecule has 0 aliphatic carbocycles. The molecular weight excluding hydrogens is 266 g/mol. The van der Waals surface area contributed by atoms with Crippen molar-refractivity contribution in [2.45, 2.75) is 26.3 Å². The van der Waals surface area contributed by atoms with Crippen molar-refractivity contribution in [1.82, 2.24) is 9.88 Å². The van der Waals surface area contributed by atoms with E-state index in [0.717, 1.165) is 48.4 Å². The summed E-state index contributed by atoms with van der Waals surface area (Å²) in [6.45, 7) is 8.67. The Morgan fingerprint density at radius 2 is 2.17 bits per heavy atom. The molecule has 1 saturated heterocycles. The molecule has 0 atom stereocenters. The van der Waals surface area contributed by atoms with Gasteiger partial charge < -0.3 is 10.5 Å². The average molecular weight is 285 g/mol. The van der Waals surface area contributed by atoms with Crippen LogP contribution in [0, 0.1) is 0 Å². The Labute approximate surface area is 117 Å². The first-order chi connectivity index (χ1) is 8.58. The Morgan fingerprint density at radius 1 is 1.50 bits per heavy atom. The van der Waals surface area contributed by atoms with Gasteiger partial charge in [0.1, 0.15) is 10.00 Å². The molecule has 4 nitrogen and oxygen atoms in total. The molecule has 6 heteroatoms. The van der Waals surface area contributed by atoms with Crippen molar-refractivity contribution >= 4 is 28.5 Å². The molecule has 0 saturated carbocycles. The molecular formula is C12H19N3OS2. The maximum absolute atomic E-state index is 5.77. The molecule has 18 heavy (non-hydrogen) atoms. The van der Waals surface area contributed by atoms with E-state index >= 15 is 0 Å². The van der Waals surface area contributed by atoms with Crippen molar-refractivity contribution in [3.05, 3.63) is 15.6 Å². The molecule has 1 aliphatic rings. The summed E-state index contributed by atoms with van der Waals surface area (Å²) in [5.74, 6) is 0.358. The quantitative estimate of drug-likeness (QED) is 0.854. The molecule has 2 N–H and O–H groups in total. The highest BCUT2D eigenvalue weighted by atomic mass is 32.1. The van der Waals surface area contributed by atoms with Crippen LogP contribution < -0.4 is 5.73 Å². The number of morpholine rings is 1. The SMILES string of the molecule is CC(C)c1nc(CN2CCOCC2)sc1C(N)=S. The van der Waals surface area contributed by atoms with E-state index in [0.29, 0.717) is 10.9 Å². The van der Waals surface area contributed by atoms with Crippen molar-refractivity contribution in [3.8, 4) is 0 Å². The predicted molar refractivity (Wildman–Crippen MR) is 78.2 cm³/mol. The van der Waals surface area contributed by atoms with E-state index in [4.69, 9.17) is 27.7 Å². The van der Waals surface area contributed by atoms with Crippen molar-refractivity contribution < 1.29 is 4.74 Å². The first-order valence-corrected chi connectivity index (χ1v) is 7.40. The number of rotatable bonds is 4. The minimum atomic E-state index is 0.358. The van der Waals surface area contributed by atoms with Gasteiger partial charge in [-0.15, -0.1) is 11.3 Å². The molecule has 0 radical (unpaired) electrons. The number of thiazole rings is 1. The first-order valence-electron chi connectivity index (χ1n) is 6.17. The maximum atomic E-state index is 5.77. The van der Waals surface area contributed by atoms with Crippen LogP contribution in [0.25, 0.3) is 0 Å². The Kier molecular flexibility index (Phi) is 4.66. The number of hydrogen-bond donors (Lipinski definition) is 1. The molecule has 0 amide bonds. The Bertz CT molecular complexity index is 425. The second kappa shape index (κ2) is 6.06. The summed E-state index contributed by atoms with van der Waals surface area (Å²) in [6, 6.07) is 0. The summed E-state index contributed by atoms with van der Waals surface area (Å²) in [5, 5.41) is 1.10. The summed E-state index contributed by atoms with van der Waals surface area (Å²) in [6.07, 6.45) is 0. The molecule has 0 bridgehead atoms. The van der Waals surface area contributed by atoms with Crippen LogP contribution in [0.2, 0.25) is 0 Å². The number of nitrogens with two attached hydrogens (primary N) is 1. The molecule has 1 aromatic rings. The molecule has 1 aliphatic heterocycles. The fourth-order valence-corrected chi connectivity index (χ4v) is 3.31. The van der Waals surface area contributed by atoms with Gasteiger partial charge in [0.2, 0.25) is 0 Å². The van der Waals surface area contributed by atoms with Crippen molar-refractivity contribution in [3.63, 3.8) is 0 Å². The summed E-state index contributed by atoms with van der Waals surface area (Å²) < 4.78 is 5.34. The third kappa shape index (κ3) is 3.26. The monoisotopic (exact) mass is 285 g/mol. The van der Waals surface area contributed by atoms with Gasteiger partial charge in [-0.1, -0.05) is 26.1 Å². The lowest BCUT2D eigenvalue weighted by molar-refractivity contribution is 0.0341. The van der Waals surface area contributed by atoms with E-state index in [2.05, 4.69) is 18.7 Å². The van der Waals surface area contributed by atoms with Gasteiger partial charge in [0.15, 0.2) is 0 Å². The normalized spacial score (nSPS) is 17.3. The fourth-order valence-electron chi connectivity index (χ4n) is 1.96. The Balaban J connectivity index is 2.13. The van der Waals surface area contributed by atoms with Crippen LogP contribution in [0.1, 0.15) is 35.3 Å². The van der Waals surface area contributed by atoms with Gasteiger partial charge in [0.25, 0.3) is 0 Å². The average Bonchev–Trinajstić information content (AvgIpc) is 2.74. The molecule has 0 aromatic carbocycles. The van der Waals surface area contributed by atoms with Crippen LogP contribution in [0.5, 0.6) is 0 Å². The van der Waals surface area contributed by atoms with Gasteiger partial charge >= 0.3 is 0 Å². The number of ether oxygens (including phenoxy) is 1. The zero-order chi connectivity index (χ0) is 13.1. The second-order valence-electron chi connectivity index (χ2n) is 4.73. The van der Waals surface area contributed by atoms with Gasteiger partial charge in [-0.3, -0.25) is 4.90 Å². The minimum Gasteiger partial charge on any atom is -0.389 e. The highest BCUT2D eigenvalue weighted by molar-refractivity contribution is 7.81. The van der Waals surface area contributed by atoms with E-state index in [1.165, 1.54) is 0 Å². The van der Waals surface area contributed by atoms with E-state index in [9.17, 15) is 0 Å². The highest BCUT2D eigenvalue weighted by Gasteiger charge is 2.18. The topological polar surface area (TPSA) is 51.4 Å². The second-order valence-corrected chi connectivity index (χ2v) is 6.25. The van der Waals surface area contributed by atoms with Crippen LogP contribution in [0.15, 0.2) is 0 Å². The van der Waals surface area contributed by atoms with Gasteiger partial charge in [0.05, 0.1) is 30.3 Å². The summed E-state index contributed by atoms with van der Waals surface area (Å²) >= 11 is 6.73. The largest absolute Gasteiger partial charge is 0.389 e. The summed E-state index contributed by atoms with van der Waals surface area (Å²) in [4.78, 5) is 8.49. The third-order valence-corrected chi connectivity index (χ3v) is 4.35. The summed E-state index contributed by atoms with van der Waals surface area (Å²) in [5.41, 5.74) is 6.80. The lowest BCUT2D eigenvalue weighted by atomic mass is 10.1. The molecule has 0 unspecified atom stereocenters. The molecule has 0 spiro atoms. The third-order valence-electron chi connectivity index (χ3n) is 2.93. The lowest BCUT2D eigenvalue weighted by Gasteiger charge is -2.25. The van der Waals surface area contributed by atoms with Crippen molar-refractivity contribution in [2.75, 3.05) is 26.3 Å². The van der Waals surface area contributed by atoms with Crippen LogP contribution in [0.3, 0.4) is 0 Å². The standard InChI is InChI=1S/C12H19N3OS2/c1-8(2)10-11(12(13)17)18-9(14-10)7-15-3-5-16-6-4-15/h8H,3-7H2,1-2H3,(H2,13,17). The fraction of sp³-hybridized carbons (Fsp3) is 0.667. The molecule has 1 fully saturated rings. The Hall–Kier alpha value is -0.560. The van der Waals surface area contributed by atoms with Gasteiger partial charge in [0, 0.05) is 13.1 Å². The van der Waals surface area contributed by atoms with E-state index in [1.54, 1.807) is 11.3 Å². The van der Waals surface area contributed by atoms with Gasteiger partial charge in [-0.25, -0.2) is 4.98 Å². The Morgan fingerprint density at radius 3 is 2.67 bits per heavy atom. The van der Waals surface area contributed by atoms with Crippen LogP contribution >= 0.6 is 23.6 Å². The molecule has 100 valence electrons. The van der Waals surface area contributed by atoms with Crippen LogP contribution in [-0.2, 0) is 11.3 Å². The van der Waals surface area contributed by atoms with Crippen LogP contribution in [-0.4, -0.2) is 41.2 Å². The highest BCUT2D eigenvalue weighted by Crippen LogP contribution is 2.26. The number of hydrogen-bond acceptors (Lipinski definition) is 5. The van der Waals surface area contributed by atoms with E-state index < -0.39 is 0 Å². The molecule has 2 rings (SSSR count). The molecule has 2 heterocycles. The van der Waals surface area contributed by atoms with Gasteiger partial charge in [-0.2, -0.15) is 0 Å². The zero-order valence-corrected chi connectivity index (χ0v) is 12.4. The number of aromatic nitrogens is 1. The predicted octanol–water partition coefficient (Wildman–Crippen LogP) is 1.73. The number of nitrogens with zero attached hydrogens (tertiary/aromatic N) is 2. The van der Waals surface area contributed by atoms with Crippen molar-refractivity contribution in [2.24, 2.45) is 5.73 Å². The van der Waals surface area contributed by atoms with Gasteiger partial charge in [-0.05, 0) is 5.92 Å². The smallest absolute Gasteiger partial charge is 0.116 e. The van der Waals surface area contributed by atoms with Crippen molar-refractivity contribution in [1.29, 1.82) is 0 Å². The zero-order valence-electron chi connectivity index (χ0n) is 10.8. The maximum Gasteiger partial charge on any atom is 0.116 e. The first kappa shape index (κ1) is 13.9. The van der Waals surface area contributed by atoms with E-state index in [1.807, 2.05) is 0 Å². The van der Waals surface area contributed by atoms with E-state index in [-0.39, 0.29) is 0 Å². The molecule has 1 aromatic heterocycles. The minimum absolute atomic E-state index is 0.358. The summed E-state index contributed by atoms with van der Waals surface area (Å²) in [7, 11) is 0.